The summed E-state index contributed by atoms with van der Waals surface area (Å²) in [6.45, 7) is 0. The molecule has 0 amide bonds. The fourth-order valence-electron chi connectivity index (χ4n) is 0.993. The molecule has 0 bridgehead atoms. The predicted octanol–water partition coefficient (Wildman–Crippen LogP) is 0.647. The fourth-order valence-corrected chi connectivity index (χ4v) is 2.51. The monoisotopic (exact) mass is 180 g/mol. The second-order valence-corrected chi connectivity index (χ2v) is 4.54. The minimum Gasteiger partial charge on any atom is -0.229 e. The summed E-state index contributed by atoms with van der Waals surface area (Å²) in [5.74, 6) is 0.683. The van der Waals surface area contributed by atoms with E-state index in [0.717, 1.165) is 6.17 Å². The zero-order valence-electron chi connectivity index (χ0n) is 5.55. The quantitative estimate of drug-likeness (QED) is 0.513. The summed E-state index contributed by atoms with van der Waals surface area (Å²) in [4.78, 5) is 0. The summed E-state index contributed by atoms with van der Waals surface area (Å²) >= 11 is 0. The van der Waals surface area contributed by atoms with Crippen molar-refractivity contribution in [3.05, 3.63) is 0 Å². The van der Waals surface area contributed by atoms with Gasteiger partial charge in [0.15, 0.2) is 9.84 Å². The van der Waals surface area contributed by atoms with Crippen molar-refractivity contribution >= 4 is 9.84 Å². The molecule has 0 N–H and O–H groups in total. The van der Waals surface area contributed by atoms with E-state index in [1.54, 1.807) is 0 Å². The lowest BCUT2D eigenvalue weighted by atomic mass is 10.1. The zero-order chi connectivity index (χ0) is 8.48. The SMILES string of the molecule is O=S1(=O)CCC(C#CF)C1F. The maximum atomic E-state index is 12.7. The number of alkyl halides is 1. The molecule has 2 nitrogen and oxygen atoms in total. The maximum Gasteiger partial charge on any atom is 0.214 e. The van der Waals surface area contributed by atoms with E-state index < -0.39 is 21.3 Å². The second kappa shape index (κ2) is 2.78. The molecule has 0 spiro atoms. The molecule has 5 heteroatoms. The molecule has 62 valence electrons. The molecule has 0 aliphatic carbocycles. The topological polar surface area (TPSA) is 34.1 Å². The number of halogens is 2. The minimum absolute atomic E-state index is 0.0976. The van der Waals surface area contributed by atoms with Crippen LogP contribution in [0.15, 0.2) is 0 Å². The van der Waals surface area contributed by atoms with E-state index >= 15 is 0 Å². The van der Waals surface area contributed by atoms with E-state index in [4.69, 9.17) is 0 Å². The Labute approximate surface area is 63.5 Å². The van der Waals surface area contributed by atoms with Crippen LogP contribution < -0.4 is 0 Å². The lowest BCUT2D eigenvalue weighted by molar-refractivity contribution is 0.371. The second-order valence-electron chi connectivity index (χ2n) is 2.35. The molecule has 0 saturated carbocycles. The molecule has 11 heavy (non-hydrogen) atoms. The normalized spacial score (nSPS) is 34.4. The van der Waals surface area contributed by atoms with Gasteiger partial charge < -0.3 is 0 Å². The Morgan fingerprint density at radius 2 is 2.09 bits per heavy atom. The minimum atomic E-state index is -3.63. The zero-order valence-corrected chi connectivity index (χ0v) is 6.37. The van der Waals surface area contributed by atoms with Crippen LogP contribution >= 0.6 is 0 Å². The van der Waals surface area contributed by atoms with Gasteiger partial charge in [-0.1, -0.05) is 5.92 Å². The predicted molar refractivity (Wildman–Crippen MR) is 35.7 cm³/mol. The van der Waals surface area contributed by atoms with Gasteiger partial charge in [-0.3, -0.25) is 0 Å². The third-order valence-corrected chi connectivity index (χ3v) is 3.43. The van der Waals surface area contributed by atoms with Gasteiger partial charge in [-0.15, -0.1) is 4.39 Å². The van der Waals surface area contributed by atoms with Crippen LogP contribution in [0.1, 0.15) is 6.42 Å². The van der Waals surface area contributed by atoms with Crippen LogP contribution in [-0.4, -0.2) is 19.7 Å². The lowest BCUT2D eigenvalue weighted by Crippen LogP contribution is -2.15. The standard InChI is InChI=1S/C6H6F2O2S/c7-3-1-5-2-4-11(9,10)6(5)8/h5-6H,2,4H2. The number of hydrogen-bond donors (Lipinski definition) is 0. The third kappa shape index (κ3) is 1.51. The van der Waals surface area contributed by atoms with Crippen molar-refractivity contribution in [1.82, 2.24) is 0 Å². The Balaban J connectivity index is 2.85. The smallest absolute Gasteiger partial charge is 0.214 e. The molecular weight excluding hydrogens is 174 g/mol. The van der Waals surface area contributed by atoms with Gasteiger partial charge in [0.1, 0.15) is 6.17 Å². The molecule has 1 heterocycles. The molecule has 0 radical (unpaired) electrons. The molecule has 2 unspecified atom stereocenters. The molecule has 1 aliphatic rings. The Morgan fingerprint density at radius 3 is 2.45 bits per heavy atom. The van der Waals surface area contributed by atoms with Crippen LogP contribution in [0.2, 0.25) is 0 Å². The van der Waals surface area contributed by atoms with Crippen LogP contribution in [-0.2, 0) is 9.84 Å². The van der Waals surface area contributed by atoms with Crippen molar-refractivity contribution < 1.29 is 17.2 Å². The van der Waals surface area contributed by atoms with Crippen molar-refractivity contribution in [2.75, 3.05) is 5.75 Å². The van der Waals surface area contributed by atoms with Gasteiger partial charge in [0.2, 0.25) is 5.50 Å². The highest BCUT2D eigenvalue weighted by Crippen LogP contribution is 2.27. The van der Waals surface area contributed by atoms with Gasteiger partial charge in [-0.25, -0.2) is 12.8 Å². The van der Waals surface area contributed by atoms with E-state index in [1.807, 2.05) is 5.92 Å². The van der Waals surface area contributed by atoms with Gasteiger partial charge in [0.25, 0.3) is 0 Å². The van der Waals surface area contributed by atoms with Crippen LogP contribution in [0.5, 0.6) is 0 Å². The average Bonchev–Trinajstić information content (AvgIpc) is 2.17. The van der Waals surface area contributed by atoms with E-state index in [1.165, 1.54) is 0 Å². The van der Waals surface area contributed by atoms with Crippen LogP contribution in [0, 0.1) is 18.0 Å². The number of sulfone groups is 1. The number of rotatable bonds is 0. The Morgan fingerprint density at radius 1 is 1.45 bits per heavy atom. The molecule has 1 aliphatic heterocycles. The molecule has 0 aromatic carbocycles. The highest BCUT2D eigenvalue weighted by Gasteiger charge is 2.39. The molecule has 1 rings (SSSR count). The van der Waals surface area contributed by atoms with E-state index in [-0.39, 0.29) is 12.2 Å². The molecule has 2 atom stereocenters. The van der Waals surface area contributed by atoms with Crippen molar-refractivity contribution in [1.29, 1.82) is 0 Å². The summed E-state index contributed by atoms with van der Waals surface area (Å²) in [7, 11) is -3.63. The van der Waals surface area contributed by atoms with Crippen molar-refractivity contribution in [2.24, 2.45) is 5.92 Å². The fraction of sp³-hybridized carbons (Fsp3) is 0.667. The Bertz CT molecular complexity index is 298. The summed E-state index contributed by atoms with van der Waals surface area (Å²) < 4.78 is 45.4. The van der Waals surface area contributed by atoms with E-state index in [0.29, 0.717) is 0 Å². The van der Waals surface area contributed by atoms with Gasteiger partial charge in [-0.2, -0.15) is 0 Å². The average molecular weight is 180 g/mol. The van der Waals surface area contributed by atoms with Crippen molar-refractivity contribution in [2.45, 2.75) is 11.9 Å². The highest BCUT2D eigenvalue weighted by molar-refractivity contribution is 7.92. The van der Waals surface area contributed by atoms with Crippen LogP contribution in [0.4, 0.5) is 8.78 Å². The Hall–Kier alpha value is -0.630. The first kappa shape index (κ1) is 8.47. The van der Waals surface area contributed by atoms with E-state index in [2.05, 4.69) is 0 Å². The van der Waals surface area contributed by atoms with Crippen molar-refractivity contribution in [3.63, 3.8) is 0 Å². The summed E-state index contributed by atoms with van der Waals surface area (Å²) in [5, 5.41) is 0. The van der Waals surface area contributed by atoms with Crippen molar-refractivity contribution in [3.8, 4) is 12.1 Å². The molecule has 0 aromatic rings. The molecule has 0 aromatic heterocycles. The maximum absolute atomic E-state index is 12.7. The molecule has 1 fully saturated rings. The third-order valence-electron chi connectivity index (χ3n) is 1.61. The summed E-state index contributed by atoms with van der Waals surface area (Å²) in [6.07, 6.45) is 1.12. The number of hydrogen-bond acceptors (Lipinski definition) is 2. The van der Waals surface area contributed by atoms with Gasteiger partial charge in [-0.05, 0) is 6.42 Å². The largest absolute Gasteiger partial charge is 0.229 e. The van der Waals surface area contributed by atoms with Crippen LogP contribution in [0.25, 0.3) is 0 Å². The van der Waals surface area contributed by atoms with Crippen LogP contribution in [0.3, 0.4) is 0 Å². The van der Waals surface area contributed by atoms with Gasteiger partial charge >= 0.3 is 0 Å². The molecular formula is C6H6F2O2S. The van der Waals surface area contributed by atoms with Gasteiger partial charge in [0.05, 0.1) is 11.7 Å². The lowest BCUT2D eigenvalue weighted by Gasteiger charge is -2.00. The molecule has 1 saturated heterocycles. The first-order valence-corrected chi connectivity index (χ1v) is 4.76. The summed E-state index contributed by atoms with van der Waals surface area (Å²) in [5.41, 5.74) is -1.99. The Kier molecular flexibility index (Phi) is 2.14. The summed E-state index contributed by atoms with van der Waals surface area (Å²) in [6, 6.07) is 0. The highest BCUT2D eigenvalue weighted by atomic mass is 32.2. The van der Waals surface area contributed by atoms with Gasteiger partial charge in [0, 0.05) is 0 Å². The first-order valence-electron chi connectivity index (χ1n) is 3.05. The first-order chi connectivity index (χ1) is 5.08. The van der Waals surface area contributed by atoms with E-state index in [9.17, 15) is 17.2 Å².